The maximum atomic E-state index is 8.52. The van der Waals surface area contributed by atoms with Crippen molar-refractivity contribution in [3.8, 4) is 0 Å². The molecule has 0 heterocycles. The molecular weight excluding hydrogens is 162 g/mol. The Balaban J connectivity index is 0. The molecule has 0 aliphatic carbocycles. The fourth-order valence-electron chi connectivity index (χ4n) is 0.887. The molecule has 0 aromatic carbocycles. The summed E-state index contributed by atoms with van der Waals surface area (Å²) in [6, 6.07) is 0. The van der Waals surface area contributed by atoms with Gasteiger partial charge < -0.3 is 5.21 Å². The summed E-state index contributed by atoms with van der Waals surface area (Å²) in [4.78, 5) is 0. The number of hydrogen-bond acceptors (Lipinski definition) is 2. The molecule has 0 amide bonds. The summed E-state index contributed by atoms with van der Waals surface area (Å²) >= 11 is 0. The van der Waals surface area contributed by atoms with Gasteiger partial charge in [0.25, 0.3) is 0 Å². The van der Waals surface area contributed by atoms with E-state index in [1.54, 1.807) is 7.05 Å². The summed E-state index contributed by atoms with van der Waals surface area (Å²) in [7, 11) is 1.66. The molecule has 0 bridgehead atoms. The van der Waals surface area contributed by atoms with E-state index in [1.165, 1.54) is 30.7 Å². The van der Waals surface area contributed by atoms with Crippen LogP contribution < -0.4 is 0 Å². The Labute approximate surface area is 83.9 Å². The second-order valence-corrected chi connectivity index (χ2v) is 3.44. The number of rotatable bonds is 6. The molecule has 0 rings (SSSR count). The highest BCUT2D eigenvalue weighted by Gasteiger charge is 1.85. The smallest absolute Gasteiger partial charge is 0.0234 e. The average molecular weight is 189 g/mol. The van der Waals surface area contributed by atoms with E-state index in [4.69, 9.17) is 5.21 Å². The molecule has 0 atom stereocenters. The predicted molar refractivity (Wildman–Crippen MR) is 59.1 cm³/mol. The van der Waals surface area contributed by atoms with Crippen LogP contribution >= 0.6 is 0 Å². The Kier molecular flexibility index (Phi) is 17.1. The van der Waals surface area contributed by atoms with Crippen LogP contribution in [0.3, 0.4) is 0 Å². The molecule has 0 radical (unpaired) electrons. The molecule has 0 aromatic rings. The molecule has 82 valence electrons. The Hall–Kier alpha value is -0.0800. The molecule has 0 saturated carbocycles. The maximum Gasteiger partial charge on any atom is 0.0234 e. The van der Waals surface area contributed by atoms with Crippen LogP contribution in [0, 0.1) is 0 Å². The molecule has 13 heavy (non-hydrogen) atoms. The second kappa shape index (κ2) is 14.4. The van der Waals surface area contributed by atoms with E-state index in [9.17, 15) is 0 Å². The largest absolute Gasteiger partial charge is 0.314 e. The highest BCUT2D eigenvalue weighted by Crippen LogP contribution is 1.95. The number of hydrogen-bond donors (Lipinski definition) is 1. The third-order valence-corrected chi connectivity index (χ3v) is 1.79. The minimum Gasteiger partial charge on any atom is -0.314 e. The Morgan fingerprint density at radius 1 is 0.846 bits per heavy atom. The van der Waals surface area contributed by atoms with Crippen molar-refractivity contribution in [2.75, 3.05) is 13.6 Å². The average Bonchev–Trinajstić information content (AvgIpc) is 2.12. The van der Waals surface area contributed by atoms with Crippen LogP contribution in [0.15, 0.2) is 0 Å². The molecule has 0 aliphatic rings. The van der Waals surface area contributed by atoms with Gasteiger partial charge in [0.15, 0.2) is 0 Å². The van der Waals surface area contributed by atoms with Gasteiger partial charge in [-0.3, -0.25) is 0 Å². The van der Waals surface area contributed by atoms with Crippen molar-refractivity contribution < 1.29 is 5.21 Å². The normalized spacial score (nSPS) is 9.69. The Bertz CT molecular complexity index is 70.5. The quantitative estimate of drug-likeness (QED) is 0.509. The molecule has 2 nitrogen and oxygen atoms in total. The topological polar surface area (TPSA) is 23.5 Å². The third-order valence-electron chi connectivity index (χ3n) is 1.79. The molecule has 0 fully saturated rings. The van der Waals surface area contributed by atoms with Gasteiger partial charge in [0.05, 0.1) is 0 Å². The zero-order chi connectivity index (χ0) is 10.5. The highest BCUT2D eigenvalue weighted by atomic mass is 16.5. The van der Waals surface area contributed by atoms with Gasteiger partial charge in [0, 0.05) is 13.6 Å². The van der Waals surface area contributed by atoms with Gasteiger partial charge in [0.2, 0.25) is 0 Å². The first kappa shape index (κ1) is 15.4. The Morgan fingerprint density at radius 3 is 1.38 bits per heavy atom. The van der Waals surface area contributed by atoms with Gasteiger partial charge in [-0.25, -0.2) is 0 Å². The van der Waals surface area contributed by atoms with Crippen LogP contribution in [0.2, 0.25) is 0 Å². The fraction of sp³-hybridized carbons (Fsp3) is 1.00. The third kappa shape index (κ3) is 24.5. The SMILES string of the molecule is CCCCCC.CCCCN(C)O. The molecule has 0 saturated heterocycles. The molecular formula is C11H27NO. The van der Waals surface area contributed by atoms with E-state index in [1.807, 2.05) is 0 Å². The monoisotopic (exact) mass is 189 g/mol. The lowest BCUT2D eigenvalue weighted by Crippen LogP contribution is -2.13. The molecule has 0 aromatic heterocycles. The summed E-state index contributed by atoms with van der Waals surface area (Å²) in [5.41, 5.74) is 0. The summed E-state index contributed by atoms with van der Waals surface area (Å²) in [5.74, 6) is 0. The van der Waals surface area contributed by atoms with Crippen molar-refractivity contribution in [1.82, 2.24) is 5.06 Å². The van der Waals surface area contributed by atoms with Gasteiger partial charge >= 0.3 is 0 Å². The minimum absolute atomic E-state index is 0.788. The van der Waals surface area contributed by atoms with Crippen LogP contribution in [0.4, 0.5) is 0 Å². The van der Waals surface area contributed by atoms with Crippen LogP contribution in [-0.4, -0.2) is 23.9 Å². The van der Waals surface area contributed by atoms with E-state index in [0.29, 0.717) is 0 Å². The van der Waals surface area contributed by atoms with Gasteiger partial charge in [0.1, 0.15) is 0 Å². The van der Waals surface area contributed by atoms with E-state index in [-0.39, 0.29) is 0 Å². The standard InChI is InChI=1S/C6H14.C5H13NO/c1-3-5-6-4-2;1-3-4-5-6(2)7/h3-6H2,1-2H3;7H,3-5H2,1-2H3. The van der Waals surface area contributed by atoms with Crippen molar-refractivity contribution in [2.24, 2.45) is 0 Å². The molecule has 0 aliphatic heterocycles. The summed E-state index contributed by atoms with van der Waals surface area (Å²) in [6.07, 6.45) is 7.76. The van der Waals surface area contributed by atoms with Crippen LogP contribution in [0.1, 0.15) is 59.3 Å². The summed E-state index contributed by atoms with van der Waals surface area (Å²) in [5, 5.41) is 9.73. The van der Waals surface area contributed by atoms with Crippen molar-refractivity contribution in [2.45, 2.75) is 59.3 Å². The number of hydroxylamine groups is 2. The summed E-state index contributed by atoms with van der Waals surface area (Å²) < 4.78 is 0. The maximum absolute atomic E-state index is 8.52. The van der Waals surface area contributed by atoms with Gasteiger partial charge in [-0.2, -0.15) is 5.06 Å². The lowest BCUT2D eigenvalue weighted by atomic mass is 10.2. The van der Waals surface area contributed by atoms with Crippen molar-refractivity contribution in [3.05, 3.63) is 0 Å². The fourth-order valence-corrected chi connectivity index (χ4v) is 0.887. The van der Waals surface area contributed by atoms with Crippen molar-refractivity contribution in [3.63, 3.8) is 0 Å². The highest BCUT2D eigenvalue weighted by molar-refractivity contribution is 4.34. The lowest BCUT2D eigenvalue weighted by Gasteiger charge is -2.03. The second-order valence-electron chi connectivity index (χ2n) is 3.44. The number of nitrogens with zero attached hydrogens (tertiary/aromatic N) is 1. The molecule has 0 unspecified atom stereocenters. The first-order chi connectivity index (χ1) is 6.18. The molecule has 2 heteroatoms. The Morgan fingerprint density at radius 2 is 1.23 bits per heavy atom. The lowest BCUT2D eigenvalue weighted by molar-refractivity contribution is -0.0652. The molecule has 0 spiro atoms. The van der Waals surface area contributed by atoms with Crippen LogP contribution in [-0.2, 0) is 0 Å². The van der Waals surface area contributed by atoms with E-state index in [2.05, 4.69) is 20.8 Å². The summed E-state index contributed by atoms with van der Waals surface area (Å²) in [6.45, 7) is 7.35. The van der Waals surface area contributed by atoms with Crippen molar-refractivity contribution in [1.29, 1.82) is 0 Å². The van der Waals surface area contributed by atoms with Gasteiger partial charge in [-0.15, -0.1) is 0 Å². The van der Waals surface area contributed by atoms with Crippen molar-refractivity contribution >= 4 is 0 Å². The van der Waals surface area contributed by atoms with Crippen LogP contribution in [0.5, 0.6) is 0 Å². The zero-order valence-electron chi connectivity index (χ0n) is 9.84. The number of unbranched alkanes of at least 4 members (excludes halogenated alkanes) is 4. The minimum atomic E-state index is 0.788. The first-order valence-electron chi connectivity index (χ1n) is 5.58. The zero-order valence-corrected chi connectivity index (χ0v) is 9.84. The first-order valence-corrected chi connectivity index (χ1v) is 5.58. The van der Waals surface area contributed by atoms with E-state index in [0.717, 1.165) is 19.4 Å². The van der Waals surface area contributed by atoms with Crippen LogP contribution in [0.25, 0.3) is 0 Å². The van der Waals surface area contributed by atoms with Gasteiger partial charge in [-0.1, -0.05) is 52.9 Å². The van der Waals surface area contributed by atoms with E-state index >= 15 is 0 Å². The predicted octanol–water partition coefficient (Wildman–Crippen LogP) is 3.69. The van der Waals surface area contributed by atoms with Gasteiger partial charge in [-0.05, 0) is 6.42 Å². The molecule has 1 N–H and O–H groups in total. The van der Waals surface area contributed by atoms with E-state index < -0.39 is 0 Å².